The Hall–Kier alpha value is -3.49. The smallest absolute Gasteiger partial charge is 0.315 e. The molecule has 4 saturated carbocycles. The van der Waals surface area contributed by atoms with Crippen LogP contribution in [0.4, 0.5) is 17.6 Å². The Morgan fingerprint density at radius 3 is 1.90 bits per heavy atom. The summed E-state index contributed by atoms with van der Waals surface area (Å²) in [6.45, 7) is -0.0753. The molecule has 14 heteroatoms. The molecule has 0 radical (unpaired) electrons. The molecule has 3 aromatic rings. The van der Waals surface area contributed by atoms with E-state index in [2.05, 4.69) is 12.1 Å². The van der Waals surface area contributed by atoms with Crippen LogP contribution < -0.4 is 4.18 Å². The third-order valence-corrected chi connectivity index (χ3v) is 14.2. The highest BCUT2D eigenvalue weighted by Crippen LogP contribution is 2.64. The number of carbonyl (C=O) groups excluding carboxylic acids is 1. The minimum absolute atomic E-state index is 0.0310. The molecular formula is C34H30F4O8S2. The van der Waals surface area contributed by atoms with E-state index in [1.165, 1.54) is 11.1 Å². The van der Waals surface area contributed by atoms with Crippen molar-refractivity contribution < 1.29 is 52.7 Å². The van der Waals surface area contributed by atoms with Gasteiger partial charge in [0.05, 0.1) is 12.5 Å². The fourth-order valence-corrected chi connectivity index (χ4v) is 12.7. The van der Waals surface area contributed by atoms with E-state index >= 15 is 4.39 Å². The van der Waals surface area contributed by atoms with Gasteiger partial charge in [-0.15, -0.1) is 0 Å². The summed E-state index contributed by atoms with van der Waals surface area (Å²) in [5, 5.41) is 0. The molecule has 0 saturated heterocycles. The van der Waals surface area contributed by atoms with Crippen LogP contribution in [-0.4, -0.2) is 38.7 Å². The molecule has 10 rings (SSSR count). The van der Waals surface area contributed by atoms with Gasteiger partial charge in [-0.1, -0.05) is 48.5 Å². The molecule has 1 N–H and O–H groups in total. The first-order valence-corrected chi connectivity index (χ1v) is 18.6. The summed E-state index contributed by atoms with van der Waals surface area (Å²) in [5.41, 5.74) is 3.76. The van der Waals surface area contributed by atoms with Gasteiger partial charge in [-0.25, -0.2) is 13.2 Å². The van der Waals surface area contributed by atoms with Crippen molar-refractivity contribution in [1.29, 1.82) is 0 Å². The lowest BCUT2D eigenvalue weighted by Gasteiger charge is -2.60. The first-order chi connectivity index (χ1) is 22.6. The molecule has 8 nitrogen and oxygen atoms in total. The summed E-state index contributed by atoms with van der Waals surface area (Å²) >= 11 is 0. The van der Waals surface area contributed by atoms with E-state index in [9.17, 15) is 39.4 Å². The summed E-state index contributed by atoms with van der Waals surface area (Å²) in [5.74, 6) is -13.2. The first kappa shape index (κ1) is 31.8. The van der Waals surface area contributed by atoms with Crippen LogP contribution >= 0.6 is 0 Å². The number of carbonyl (C=O) groups is 1. The summed E-state index contributed by atoms with van der Waals surface area (Å²) in [6, 6.07) is 16.1. The lowest BCUT2D eigenvalue weighted by atomic mass is 9.49. The Morgan fingerprint density at radius 1 is 0.771 bits per heavy atom. The average molecular weight is 707 g/mol. The molecule has 3 atom stereocenters. The summed E-state index contributed by atoms with van der Waals surface area (Å²) in [6.07, 6.45) is 2.39. The lowest BCUT2D eigenvalue weighted by Crippen LogP contribution is -2.61. The monoisotopic (exact) mass is 706 g/mol. The van der Waals surface area contributed by atoms with Crippen LogP contribution in [0.3, 0.4) is 0 Å². The van der Waals surface area contributed by atoms with Crippen molar-refractivity contribution in [2.45, 2.75) is 66.4 Å². The van der Waals surface area contributed by atoms with Gasteiger partial charge in [0.15, 0.2) is 22.3 Å². The zero-order valence-corrected chi connectivity index (χ0v) is 26.9. The Kier molecular flexibility index (Phi) is 6.95. The van der Waals surface area contributed by atoms with Crippen molar-refractivity contribution in [2.75, 3.05) is 6.61 Å². The molecule has 0 spiro atoms. The molecule has 3 aromatic carbocycles. The Morgan fingerprint density at radius 2 is 1.33 bits per heavy atom. The molecule has 6 bridgehead atoms. The predicted octanol–water partition coefficient (Wildman–Crippen LogP) is 6.38. The zero-order chi connectivity index (χ0) is 34.0. The molecular weight excluding hydrogens is 676 g/mol. The molecule has 0 aromatic heterocycles. The normalized spacial score (nSPS) is 31.3. The van der Waals surface area contributed by atoms with Crippen LogP contribution in [-0.2, 0) is 29.8 Å². The van der Waals surface area contributed by atoms with E-state index in [1.54, 1.807) is 0 Å². The number of halogens is 4. The Bertz CT molecular complexity index is 2060. The third-order valence-electron chi connectivity index (χ3n) is 11.4. The molecule has 3 unspecified atom stereocenters. The van der Waals surface area contributed by atoms with Gasteiger partial charge in [0, 0.05) is 17.3 Å². The number of hydrogen-bond acceptors (Lipinski definition) is 7. The SMILES string of the molecule is O=C(OCC12CC3CC(C1)CC(S(=O)(=O)Oc1c(F)c(F)c(F)c(S(=O)(=O)O)c1F)(C3)C2)C1CC2c3ccccc3C1c1ccccc12. The van der Waals surface area contributed by atoms with Crippen molar-refractivity contribution in [3.8, 4) is 5.75 Å². The van der Waals surface area contributed by atoms with Gasteiger partial charge >= 0.3 is 26.2 Å². The highest BCUT2D eigenvalue weighted by atomic mass is 32.2. The lowest BCUT2D eigenvalue weighted by molar-refractivity contribution is -0.160. The Labute approximate surface area is 274 Å². The van der Waals surface area contributed by atoms with Crippen molar-refractivity contribution in [3.63, 3.8) is 0 Å². The number of benzene rings is 3. The van der Waals surface area contributed by atoms with Gasteiger partial charge in [0.2, 0.25) is 11.6 Å². The molecule has 254 valence electrons. The number of rotatable bonds is 7. The highest BCUT2D eigenvalue weighted by molar-refractivity contribution is 7.88. The predicted molar refractivity (Wildman–Crippen MR) is 161 cm³/mol. The maximum atomic E-state index is 15.1. The maximum absolute atomic E-state index is 15.1. The molecule has 7 aliphatic carbocycles. The van der Waals surface area contributed by atoms with Crippen LogP contribution in [0.5, 0.6) is 5.75 Å². The largest absolute Gasteiger partial charge is 0.465 e. The number of fused-ring (bicyclic) bond motifs is 1. The molecule has 0 aliphatic heterocycles. The summed E-state index contributed by atoms with van der Waals surface area (Å²) in [4.78, 5) is 11.6. The second kappa shape index (κ2) is 10.5. The number of ether oxygens (including phenoxy) is 1. The van der Waals surface area contributed by atoms with Crippen LogP contribution in [0, 0.1) is 46.4 Å². The fourth-order valence-electron chi connectivity index (χ4n) is 10.1. The highest BCUT2D eigenvalue weighted by Gasteiger charge is 2.64. The quantitative estimate of drug-likeness (QED) is 0.0751. The second-order valence-corrected chi connectivity index (χ2v) is 17.6. The van der Waals surface area contributed by atoms with Gasteiger partial charge in [0.1, 0.15) is 4.75 Å². The van der Waals surface area contributed by atoms with Crippen molar-refractivity contribution >= 4 is 26.2 Å². The molecule has 4 fully saturated rings. The van der Waals surface area contributed by atoms with Crippen LogP contribution in [0.15, 0.2) is 53.4 Å². The summed E-state index contributed by atoms with van der Waals surface area (Å²) in [7, 11) is -10.8. The van der Waals surface area contributed by atoms with Crippen molar-refractivity contribution in [1.82, 2.24) is 0 Å². The number of esters is 1. The van der Waals surface area contributed by atoms with Crippen molar-refractivity contribution in [3.05, 3.63) is 94.1 Å². The van der Waals surface area contributed by atoms with E-state index in [0.717, 1.165) is 11.1 Å². The van der Waals surface area contributed by atoms with Crippen molar-refractivity contribution in [2.24, 2.45) is 23.2 Å². The topological polar surface area (TPSA) is 124 Å². The molecule has 0 heterocycles. The number of hydrogen-bond donors (Lipinski definition) is 1. The average Bonchev–Trinajstić information content (AvgIpc) is 3.03. The summed E-state index contributed by atoms with van der Waals surface area (Å²) < 4.78 is 127. The van der Waals surface area contributed by atoms with Gasteiger partial charge in [0.25, 0.3) is 0 Å². The molecule has 7 aliphatic rings. The minimum atomic E-state index is -5.78. The second-order valence-electron chi connectivity index (χ2n) is 14.3. The van der Waals surface area contributed by atoms with E-state index in [4.69, 9.17) is 8.92 Å². The van der Waals surface area contributed by atoms with E-state index in [-0.39, 0.29) is 55.5 Å². The van der Waals surface area contributed by atoms with Crippen LogP contribution in [0.1, 0.15) is 79.0 Å². The minimum Gasteiger partial charge on any atom is -0.465 e. The zero-order valence-electron chi connectivity index (χ0n) is 25.3. The van der Waals surface area contributed by atoms with Gasteiger partial charge in [-0.2, -0.15) is 21.2 Å². The third kappa shape index (κ3) is 4.58. The molecule has 0 amide bonds. The van der Waals surface area contributed by atoms with Crippen LogP contribution in [0.25, 0.3) is 0 Å². The van der Waals surface area contributed by atoms with Gasteiger partial charge < -0.3 is 8.92 Å². The van der Waals surface area contributed by atoms with E-state index in [0.29, 0.717) is 25.7 Å². The fraction of sp³-hybridized carbons (Fsp3) is 0.441. The standard InChI is InChI=1S/C34H30F4O8S2/c35-26-27(36)30(29(38)31(28(26)37)47(40,41)42)46-48(43,44)34-13-17-9-18(14-34)12-33(11-17,15-34)16-45-32(39)24-10-23-19-5-1-3-7-21(19)25(24)22-8-4-2-6-20(22)23/h1-8,17-18,23-25H,9-16H2,(H,40,41,42). The molecule has 48 heavy (non-hydrogen) atoms. The van der Waals surface area contributed by atoms with Gasteiger partial charge in [-0.3, -0.25) is 9.35 Å². The first-order valence-electron chi connectivity index (χ1n) is 15.8. The van der Waals surface area contributed by atoms with E-state index in [1.807, 2.05) is 36.4 Å². The van der Waals surface area contributed by atoms with Gasteiger partial charge in [-0.05, 0) is 79.0 Å². The van der Waals surface area contributed by atoms with E-state index < -0.39 is 70.2 Å². The van der Waals surface area contributed by atoms with Crippen LogP contribution in [0.2, 0.25) is 0 Å². The maximum Gasteiger partial charge on any atom is 0.315 e. The Balaban J connectivity index is 1.07.